The lowest BCUT2D eigenvalue weighted by molar-refractivity contribution is -0.133. The smallest absolute Gasteiger partial charge is 0.262 e. The first-order valence-corrected chi connectivity index (χ1v) is 10.7. The van der Waals surface area contributed by atoms with Crippen molar-refractivity contribution in [3.8, 4) is 0 Å². The molecule has 3 aromatic heterocycles. The summed E-state index contributed by atoms with van der Waals surface area (Å²) in [5.41, 5.74) is 1.05. The van der Waals surface area contributed by atoms with Crippen molar-refractivity contribution < 1.29 is 14.1 Å². The van der Waals surface area contributed by atoms with Gasteiger partial charge in [0.15, 0.2) is 5.82 Å². The summed E-state index contributed by atoms with van der Waals surface area (Å²) in [6, 6.07) is 1.60. The minimum atomic E-state index is -0.371. The van der Waals surface area contributed by atoms with Gasteiger partial charge in [-0.05, 0) is 38.2 Å². The molecule has 10 heteroatoms. The van der Waals surface area contributed by atoms with Gasteiger partial charge >= 0.3 is 0 Å². The molecule has 0 saturated heterocycles. The van der Waals surface area contributed by atoms with Gasteiger partial charge in [-0.25, -0.2) is 4.98 Å². The summed E-state index contributed by atoms with van der Waals surface area (Å²) in [5, 5.41) is 6.97. The van der Waals surface area contributed by atoms with E-state index in [1.165, 1.54) is 20.7 Å². The molecule has 158 valence electrons. The largest absolute Gasteiger partial charge is 0.360 e. The molecule has 0 aromatic carbocycles. The van der Waals surface area contributed by atoms with Crippen molar-refractivity contribution in [2.75, 3.05) is 18.9 Å². The fourth-order valence-electron chi connectivity index (χ4n) is 3.66. The number of nitrogens with one attached hydrogen (secondary N) is 1. The Bertz CT molecular complexity index is 1160. The number of nitrogens with zero attached hydrogens (tertiary/aromatic N) is 4. The van der Waals surface area contributed by atoms with Gasteiger partial charge < -0.3 is 14.7 Å². The summed E-state index contributed by atoms with van der Waals surface area (Å²) in [6.07, 6.45) is 5.78. The molecule has 1 N–H and O–H groups in total. The van der Waals surface area contributed by atoms with E-state index in [4.69, 9.17) is 4.52 Å². The number of aromatic nitrogens is 3. The first kappa shape index (κ1) is 20.3. The third kappa shape index (κ3) is 4.13. The average Bonchev–Trinajstić information content (AvgIpc) is 3.30. The Hall–Kier alpha value is -3.01. The second kappa shape index (κ2) is 8.39. The topological polar surface area (TPSA) is 110 Å². The van der Waals surface area contributed by atoms with E-state index in [0.29, 0.717) is 17.0 Å². The van der Waals surface area contributed by atoms with Gasteiger partial charge in [0.2, 0.25) is 11.8 Å². The van der Waals surface area contributed by atoms with Crippen LogP contribution in [0.3, 0.4) is 0 Å². The summed E-state index contributed by atoms with van der Waals surface area (Å²) >= 11 is 1.61. The van der Waals surface area contributed by atoms with Crippen LogP contribution >= 0.6 is 11.3 Å². The Morgan fingerprint density at radius 3 is 2.90 bits per heavy atom. The number of aryl methyl sites for hydroxylation is 4. The van der Waals surface area contributed by atoms with Crippen LogP contribution in [0.25, 0.3) is 10.2 Å². The number of thiophene rings is 1. The molecule has 0 aliphatic heterocycles. The lowest BCUT2D eigenvalue weighted by atomic mass is 9.97. The zero-order valence-corrected chi connectivity index (χ0v) is 17.8. The quantitative estimate of drug-likeness (QED) is 0.643. The fraction of sp³-hybridized carbons (Fsp3) is 0.450. The van der Waals surface area contributed by atoms with Crippen LogP contribution in [0, 0.1) is 6.92 Å². The number of carbonyl (C=O) groups is 2. The molecular formula is C20H23N5O4S. The van der Waals surface area contributed by atoms with Crippen LogP contribution in [0.4, 0.5) is 5.82 Å². The predicted octanol–water partition coefficient (Wildman–Crippen LogP) is 2.12. The zero-order chi connectivity index (χ0) is 21.3. The number of fused-ring (bicyclic) bond motifs is 3. The molecule has 0 atom stereocenters. The third-order valence-electron chi connectivity index (χ3n) is 5.21. The molecule has 0 spiro atoms. The van der Waals surface area contributed by atoms with Gasteiger partial charge in [0, 0.05) is 31.0 Å². The number of rotatable bonds is 6. The second-order valence-corrected chi connectivity index (χ2v) is 8.59. The summed E-state index contributed by atoms with van der Waals surface area (Å²) in [6.45, 7) is 1.83. The van der Waals surface area contributed by atoms with Crippen molar-refractivity contribution in [2.45, 2.75) is 45.6 Å². The first-order chi connectivity index (χ1) is 14.4. The Morgan fingerprint density at radius 2 is 2.13 bits per heavy atom. The molecule has 30 heavy (non-hydrogen) atoms. The van der Waals surface area contributed by atoms with Crippen molar-refractivity contribution in [1.82, 2.24) is 19.6 Å². The van der Waals surface area contributed by atoms with Crippen LogP contribution in [0.1, 0.15) is 35.5 Å². The van der Waals surface area contributed by atoms with Crippen LogP contribution in [-0.2, 0) is 29.0 Å². The number of amides is 2. The van der Waals surface area contributed by atoms with Gasteiger partial charge in [0.25, 0.3) is 5.56 Å². The van der Waals surface area contributed by atoms with Crippen LogP contribution in [0.15, 0.2) is 21.7 Å². The van der Waals surface area contributed by atoms with Crippen molar-refractivity contribution in [3.05, 3.63) is 38.9 Å². The maximum Gasteiger partial charge on any atom is 0.262 e. The lowest BCUT2D eigenvalue weighted by Crippen LogP contribution is -2.36. The maximum absolute atomic E-state index is 13.0. The minimum absolute atomic E-state index is 0.0889. The highest BCUT2D eigenvalue weighted by atomic mass is 32.1. The molecule has 4 rings (SSSR count). The normalized spacial score (nSPS) is 13.3. The molecule has 3 heterocycles. The van der Waals surface area contributed by atoms with Gasteiger partial charge in [-0.3, -0.25) is 19.0 Å². The molecule has 2 amide bonds. The van der Waals surface area contributed by atoms with Crippen LogP contribution in [0.2, 0.25) is 0 Å². The average molecular weight is 430 g/mol. The van der Waals surface area contributed by atoms with E-state index in [2.05, 4.69) is 15.5 Å². The SMILES string of the molecule is Cc1cc(NC(=O)CN(C)C(=O)CCn2cnc3sc4c(c3c2=O)CCCC4)no1. The van der Waals surface area contributed by atoms with Gasteiger partial charge in [0.1, 0.15) is 10.6 Å². The van der Waals surface area contributed by atoms with Crippen LogP contribution < -0.4 is 10.9 Å². The first-order valence-electron chi connectivity index (χ1n) is 9.89. The molecule has 0 saturated carbocycles. The van der Waals surface area contributed by atoms with Crippen LogP contribution in [0.5, 0.6) is 0 Å². The summed E-state index contributed by atoms with van der Waals surface area (Å²) in [7, 11) is 1.55. The molecule has 1 aliphatic carbocycles. The van der Waals surface area contributed by atoms with Crippen molar-refractivity contribution in [1.29, 1.82) is 0 Å². The fourth-order valence-corrected chi connectivity index (χ4v) is 4.88. The molecule has 3 aromatic rings. The molecule has 9 nitrogen and oxygen atoms in total. The van der Waals surface area contributed by atoms with E-state index in [1.54, 1.807) is 31.4 Å². The number of carbonyl (C=O) groups excluding carboxylic acids is 2. The van der Waals surface area contributed by atoms with E-state index >= 15 is 0 Å². The zero-order valence-electron chi connectivity index (χ0n) is 16.9. The maximum atomic E-state index is 13.0. The Labute approximate surface area is 176 Å². The Kier molecular flexibility index (Phi) is 5.67. The summed E-state index contributed by atoms with van der Waals surface area (Å²) in [4.78, 5) is 45.3. The standard InChI is InChI=1S/C20H23N5O4S/c1-12-9-15(23-29-12)22-16(26)10-24(2)17(27)7-8-25-11-21-19-18(20(25)28)13-5-3-4-6-14(13)30-19/h9,11H,3-8,10H2,1-2H3,(H,22,23,26). The molecule has 1 aliphatic rings. The highest BCUT2D eigenvalue weighted by Gasteiger charge is 2.20. The summed E-state index contributed by atoms with van der Waals surface area (Å²) < 4.78 is 6.39. The number of likely N-dealkylation sites (N-methyl/N-ethyl adjacent to an activating group) is 1. The van der Waals surface area contributed by atoms with E-state index in [-0.39, 0.29) is 36.9 Å². The minimum Gasteiger partial charge on any atom is -0.360 e. The van der Waals surface area contributed by atoms with Gasteiger partial charge in [0.05, 0.1) is 18.3 Å². The molecular weight excluding hydrogens is 406 g/mol. The predicted molar refractivity (Wildman–Crippen MR) is 113 cm³/mol. The number of anilines is 1. The van der Waals surface area contributed by atoms with Gasteiger partial charge in [-0.2, -0.15) is 0 Å². The molecule has 0 radical (unpaired) electrons. The van der Waals surface area contributed by atoms with Gasteiger partial charge in [-0.15, -0.1) is 11.3 Å². The van der Waals surface area contributed by atoms with Gasteiger partial charge in [-0.1, -0.05) is 5.16 Å². The number of hydrogen-bond acceptors (Lipinski definition) is 7. The molecule has 0 unspecified atom stereocenters. The van der Waals surface area contributed by atoms with Crippen LogP contribution in [-0.4, -0.2) is 45.0 Å². The van der Waals surface area contributed by atoms with Crippen molar-refractivity contribution >= 4 is 39.2 Å². The highest BCUT2D eigenvalue weighted by molar-refractivity contribution is 7.18. The monoisotopic (exact) mass is 429 g/mol. The van der Waals surface area contributed by atoms with E-state index in [0.717, 1.165) is 36.1 Å². The number of hydrogen-bond donors (Lipinski definition) is 1. The molecule has 0 bridgehead atoms. The summed E-state index contributed by atoms with van der Waals surface area (Å²) in [5.74, 6) is 0.283. The van der Waals surface area contributed by atoms with E-state index < -0.39 is 0 Å². The Morgan fingerprint density at radius 1 is 1.33 bits per heavy atom. The highest BCUT2D eigenvalue weighted by Crippen LogP contribution is 2.33. The third-order valence-corrected chi connectivity index (χ3v) is 6.41. The Balaban J connectivity index is 1.38. The van der Waals surface area contributed by atoms with Crippen molar-refractivity contribution in [3.63, 3.8) is 0 Å². The van der Waals surface area contributed by atoms with E-state index in [9.17, 15) is 14.4 Å². The molecule has 0 fully saturated rings. The van der Waals surface area contributed by atoms with E-state index in [1.807, 2.05) is 0 Å². The van der Waals surface area contributed by atoms with Crippen molar-refractivity contribution in [2.24, 2.45) is 0 Å². The lowest BCUT2D eigenvalue weighted by Gasteiger charge is -2.16. The second-order valence-electron chi connectivity index (χ2n) is 7.50.